The van der Waals surface area contributed by atoms with Crippen molar-refractivity contribution >= 4 is 33.0 Å². The number of furan rings is 1. The molecule has 4 nitrogen and oxygen atoms in total. The second-order valence-electron chi connectivity index (χ2n) is 9.87. The van der Waals surface area contributed by atoms with Crippen LogP contribution in [0.3, 0.4) is 0 Å². The molecule has 8 rings (SSSR count). The van der Waals surface area contributed by atoms with Gasteiger partial charge in [-0.25, -0.2) is 9.97 Å². The minimum absolute atomic E-state index is 0.548. The molecular formula is C36H22N2O2. The van der Waals surface area contributed by atoms with Crippen molar-refractivity contribution in [2.24, 2.45) is 0 Å². The van der Waals surface area contributed by atoms with Crippen molar-refractivity contribution in [1.82, 2.24) is 9.97 Å². The molecule has 0 aliphatic carbocycles. The highest BCUT2D eigenvalue weighted by Crippen LogP contribution is 2.36. The Balaban J connectivity index is 1.30. The van der Waals surface area contributed by atoms with Gasteiger partial charge in [0.25, 0.3) is 0 Å². The smallest absolute Gasteiger partial charge is 0.227 e. The van der Waals surface area contributed by atoms with Crippen LogP contribution in [0.5, 0.6) is 0 Å². The maximum absolute atomic E-state index is 6.37. The number of rotatable bonds is 4. The van der Waals surface area contributed by atoms with Crippen molar-refractivity contribution in [3.05, 3.63) is 133 Å². The van der Waals surface area contributed by atoms with Gasteiger partial charge in [-0.2, -0.15) is 0 Å². The van der Waals surface area contributed by atoms with E-state index < -0.39 is 0 Å². The summed E-state index contributed by atoms with van der Waals surface area (Å²) in [5.41, 5.74) is 10.1. The summed E-state index contributed by atoms with van der Waals surface area (Å²) in [7, 11) is 0. The third kappa shape index (κ3) is 3.86. The summed E-state index contributed by atoms with van der Waals surface area (Å²) < 4.78 is 12.5. The zero-order valence-electron chi connectivity index (χ0n) is 21.4. The van der Waals surface area contributed by atoms with E-state index in [-0.39, 0.29) is 0 Å². The Kier molecular flexibility index (Phi) is 5.10. The molecule has 0 spiro atoms. The van der Waals surface area contributed by atoms with Crippen molar-refractivity contribution in [2.45, 2.75) is 0 Å². The summed E-state index contributed by atoms with van der Waals surface area (Å²) in [4.78, 5) is 9.96. The number of aromatic nitrogens is 2. The normalized spacial score (nSPS) is 11.5. The van der Waals surface area contributed by atoms with Gasteiger partial charge in [0.1, 0.15) is 16.7 Å². The quantitative estimate of drug-likeness (QED) is 0.234. The van der Waals surface area contributed by atoms with Gasteiger partial charge in [0.15, 0.2) is 5.58 Å². The Morgan fingerprint density at radius 3 is 1.88 bits per heavy atom. The first-order valence-electron chi connectivity index (χ1n) is 13.2. The molecule has 0 N–H and O–H groups in total. The molecule has 8 aromatic rings. The highest BCUT2D eigenvalue weighted by atomic mass is 16.4. The molecular weight excluding hydrogens is 492 g/mol. The lowest BCUT2D eigenvalue weighted by Gasteiger charge is -2.10. The average molecular weight is 515 g/mol. The van der Waals surface area contributed by atoms with E-state index >= 15 is 0 Å². The van der Waals surface area contributed by atoms with Crippen LogP contribution in [0.25, 0.3) is 78.1 Å². The third-order valence-corrected chi connectivity index (χ3v) is 7.29. The molecule has 0 saturated heterocycles. The third-order valence-electron chi connectivity index (χ3n) is 7.29. The molecule has 0 bridgehead atoms. The molecule has 0 radical (unpaired) electrons. The van der Waals surface area contributed by atoms with Crippen LogP contribution < -0.4 is 0 Å². The average Bonchev–Trinajstić information content (AvgIpc) is 3.61. The number of benzene rings is 5. The number of fused-ring (bicyclic) bond motifs is 4. The molecule has 0 atom stereocenters. The standard InChI is InChI=1S/C36H22N2O2/c1-3-10-23(11-4-1)25-14-9-15-26(18-25)31-20-27(19-30(37-31)24-12-5-2-6-13-24)36-38-32-22-34-29(21-35(32)40-36)28-16-7-8-17-33(28)39-34/h1-22H. The summed E-state index contributed by atoms with van der Waals surface area (Å²) in [6.07, 6.45) is 0. The van der Waals surface area contributed by atoms with Gasteiger partial charge >= 0.3 is 0 Å². The summed E-state index contributed by atoms with van der Waals surface area (Å²) in [6.45, 7) is 0. The van der Waals surface area contributed by atoms with Gasteiger partial charge in [-0.05, 0) is 41.5 Å². The lowest BCUT2D eigenvalue weighted by atomic mass is 10.00. The van der Waals surface area contributed by atoms with Crippen LogP contribution in [-0.2, 0) is 0 Å². The Bertz CT molecular complexity index is 2160. The minimum atomic E-state index is 0.548. The molecule has 0 aliphatic heterocycles. The van der Waals surface area contributed by atoms with Crippen LogP contribution in [0.1, 0.15) is 0 Å². The van der Waals surface area contributed by atoms with E-state index in [1.54, 1.807) is 0 Å². The Morgan fingerprint density at radius 1 is 0.375 bits per heavy atom. The van der Waals surface area contributed by atoms with Gasteiger partial charge < -0.3 is 8.83 Å². The van der Waals surface area contributed by atoms with E-state index in [1.165, 1.54) is 5.56 Å². The van der Waals surface area contributed by atoms with Gasteiger partial charge in [0.05, 0.1) is 11.4 Å². The van der Waals surface area contributed by atoms with Crippen molar-refractivity contribution in [3.63, 3.8) is 0 Å². The van der Waals surface area contributed by atoms with Gasteiger partial charge in [-0.1, -0.05) is 97.1 Å². The van der Waals surface area contributed by atoms with Crippen molar-refractivity contribution < 1.29 is 8.83 Å². The van der Waals surface area contributed by atoms with Crippen LogP contribution in [0.4, 0.5) is 0 Å². The van der Waals surface area contributed by atoms with E-state index in [4.69, 9.17) is 18.8 Å². The molecule has 0 unspecified atom stereocenters. The SMILES string of the molecule is c1ccc(-c2cccc(-c3cc(-c4nc5cc6oc7ccccc7c6cc5o4)cc(-c4ccccc4)n3)c2)cc1. The number of nitrogens with zero attached hydrogens (tertiary/aromatic N) is 2. The minimum Gasteiger partial charge on any atom is -0.456 e. The van der Waals surface area contributed by atoms with Crippen LogP contribution in [0.15, 0.2) is 142 Å². The van der Waals surface area contributed by atoms with E-state index in [1.807, 2.05) is 60.7 Å². The largest absolute Gasteiger partial charge is 0.456 e. The van der Waals surface area contributed by atoms with E-state index in [0.29, 0.717) is 5.89 Å². The van der Waals surface area contributed by atoms with Gasteiger partial charge in [0, 0.05) is 33.5 Å². The van der Waals surface area contributed by atoms with Crippen molar-refractivity contribution in [3.8, 4) is 45.1 Å². The van der Waals surface area contributed by atoms with Crippen LogP contribution in [-0.4, -0.2) is 9.97 Å². The second-order valence-corrected chi connectivity index (χ2v) is 9.87. The van der Waals surface area contributed by atoms with Gasteiger partial charge in [0.2, 0.25) is 5.89 Å². The van der Waals surface area contributed by atoms with Crippen molar-refractivity contribution in [1.29, 1.82) is 0 Å². The predicted octanol–water partition coefficient (Wildman–Crippen LogP) is 9.79. The molecule has 40 heavy (non-hydrogen) atoms. The highest BCUT2D eigenvalue weighted by Gasteiger charge is 2.16. The maximum Gasteiger partial charge on any atom is 0.227 e. The van der Waals surface area contributed by atoms with E-state index in [9.17, 15) is 0 Å². The first-order chi connectivity index (χ1) is 19.8. The maximum atomic E-state index is 6.37. The lowest BCUT2D eigenvalue weighted by molar-refractivity contribution is 0.620. The Hall–Kier alpha value is -5.48. The van der Waals surface area contributed by atoms with E-state index in [0.717, 1.165) is 66.7 Å². The zero-order valence-corrected chi connectivity index (χ0v) is 21.4. The monoisotopic (exact) mass is 514 g/mol. The molecule has 5 aromatic carbocycles. The van der Waals surface area contributed by atoms with Crippen LogP contribution in [0.2, 0.25) is 0 Å². The fourth-order valence-corrected chi connectivity index (χ4v) is 5.32. The Morgan fingerprint density at radius 2 is 1.05 bits per heavy atom. The number of hydrogen-bond acceptors (Lipinski definition) is 4. The molecule has 0 fully saturated rings. The number of pyridine rings is 1. The Labute approximate surface area is 230 Å². The molecule has 188 valence electrons. The number of hydrogen-bond donors (Lipinski definition) is 0. The fraction of sp³-hybridized carbons (Fsp3) is 0. The van der Waals surface area contributed by atoms with Gasteiger partial charge in [-0.15, -0.1) is 0 Å². The summed E-state index contributed by atoms with van der Waals surface area (Å²) >= 11 is 0. The lowest BCUT2D eigenvalue weighted by Crippen LogP contribution is -1.91. The highest BCUT2D eigenvalue weighted by molar-refractivity contribution is 6.08. The first-order valence-corrected chi connectivity index (χ1v) is 13.2. The van der Waals surface area contributed by atoms with Crippen LogP contribution >= 0.6 is 0 Å². The predicted molar refractivity (Wildman–Crippen MR) is 161 cm³/mol. The number of para-hydroxylation sites is 1. The van der Waals surface area contributed by atoms with Crippen molar-refractivity contribution in [2.75, 3.05) is 0 Å². The molecule has 3 aromatic heterocycles. The topological polar surface area (TPSA) is 52.1 Å². The summed E-state index contributed by atoms with van der Waals surface area (Å²) in [6, 6.07) is 45.2. The molecule has 0 aliphatic rings. The summed E-state index contributed by atoms with van der Waals surface area (Å²) in [5.74, 6) is 0.548. The second kappa shape index (κ2) is 9.07. The van der Waals surface area contributed by atoms with Crippen LogP contribution in [0, 0.1) is 0 Å². The van der Waals surface area contributed by atoms with Gasteiger partial charge in [-0.3, -0.25) is 0 Å². The molecule has 3 heterocycles. The molecule has 0 amide bonds. The van der Waals surface area contributed by atoms with E-state index in [2.05, 4.69) is 72.8 Å². The first kappa shape index (κ1) is 22.5. The zero-order chi connectivity index (χ0) is 26.5. The summed E-state index contributed by atoms with van der Waals surface area (Å²) in [5, 5.41) is 2.08. The molecule has 0 saturated carbocycles. The molecule has 4 heteroatoms. The number of oxazole rings is 1. The fourth-order valence-electron chi connectivity index (χ4n) is 5.32.